The van der Waals surface area contributed by atoms with Crippen LogP contribution in [0.5, 0.6) is 0 Å². The number of aromatic nitrogens is 2. The molecule has 1 heterocycles. The number of aromatic amines is 1. The number of nitrogens with zero attached hydrogens (tertiary/aromatic N) is 1. The van der Waals surface area contributed by atoms with E-state index in [4.69, 9.17) is 17.3 Å². The van der Waals surface area contributed by atoms with E-state index in [0.29, 0.717) is 17.5 Å². The molecule has 0 saturated carbocycles. The smallest absolute Gasteiger partial charge is 0.134 e. The Balaban J connectivity index is 2.29. The van der Waals surface area contributed by atoms with Gasteiger partial charge in [0.25, 0.3) is 0 Å². The summed E-state index contributed by atoms with van der Waals surface area (Å²) in [5.74, 6) is 1.77. The average Bonchev–Trinajstić information content (AvgIpc) is 2.72. The van der Waals surface area contributed by atoms with Crippen molar-refractivity contribution in [3.05, 3.63) is 35.2 Å². The zero-order valence-corrected chi connectivity index (χ0v) is 11.1. The molecule has 0 aliphatic heterocycles. The molecule has 2 rings (SSSR count). The number of halogens is 1. The van der Waals surface area contributed by atoms with Gasteiger partial charge in [0.15, 0.2) is 0 Å². The van der Waals surface area contributed by atoms with Gasteiger partial charge in [0.05, 0.1) is 6.54 Å². The number of thioether (sulfide) groups is 1. The van der Waals surface area contributed by atoms with Gasteiger partial charge in [0, 0.05) is 10.5 Å². The second-order valence-electron chi connectivity index (χ2n) is 3.51. The van der Waals surface area contributed by atoms with E-state index in [1.54, 1.807) is 0 Å². The maximum atomic E-state index is 6.08. The highest BCUT2D eigenvalue weighted by molar-refractivity contribution is 7.99. The average molecular weight is 268 g/mol. The second kappa shape index (κ2) is 5.58. The van der Waals surface area contributed by atoms with Crippen molar-refractivity contribution in [3.8, 4) is 11.3 Å². The standard InChI is InChI=1S/C12H14ClN3S/c1-2-17-9-5-3-8(4-6-9)11-12(13)16-10(7-14)15-11/h3-6H,2,7,14H2,1H3,(H,15,16). The van der Waals surface area contributed by atoms with E-state index in [1.807, 2.05) is 23.9 Å². The molecule has 0 aliphatic carbocycles. The lowest BCUT2D eigenvalue weighted by atomic mass is 10.2. The molecule has 0 unspecified atom stereocenters. The molecule has 0 fully saturated rings. The van der Waals surface area contributed by atoms with Gasteiger partial charge in [-0.1, -0.05) is 30.7 Å². The van der Waals surface area contributed by atoms with Crippen molar-refractivity contribution in [1.82, 2.24) is 9.97 Å². The van der Waals surface area contributed by atoms with E-state index in [1.165, 1.54) is 4.90 Å². The van der Waals surface area contributed by atoms with E-state index in [9.17, 15) is 0 Å². The lowest BCUT2D eigenvalue weighted by Gasteiger charge is -2.00. The van der Waals surface area contributed by atoms with Gasteiger partial charge in [-0.15, -0.1) is 11.8 Å². The molecule has 0 amide bonds. The van der Waals surface area contributed by atoms with Gasteiger partial charge in [-0.3, -0.25) is 0 Å². The molecule has 90 valence electrons. The van der Waals surface area contributed by atoms with E-state index in [2.05, 4.69) is 29.0 Å². The molecular weight excluding hydrogens is 254 g/mol. The first kappa shape index (κ1) is 12.5. The number of hydrogen-bond donors (Lipinski definition) is 2. The summed E-state index contributed by atoms with van der Waals surface area (Å²) in [5, 5.41) is 0.543. The summed E-state index contributed by atoms with van der Waals surface area (Å²) in [6, 6.07) is 8.22. The van der Waals surface area contributed by atoms with Gasteiger partial charge in [-0.25, -0.2) is 4.98 Å². The highest BCUT2D eigenvalue weighted by Gasteiger charge is 2.09. The summed E-state index contributed by atoms with van der Waals surface area (Å²) in [6.45, 7) is 2.50. The van der Waals surface area contributed by atoms with Gasteiger partial charge in [-0.05, 0) is 17.9 Å². The number of benzene rings is 1. The van der Waals surface area contributed by atoms with Crippen LogP contribution in [0.3, 0.4) is 0 Å². The Morgan fingerprint density at radius 2 is 2.06 bits per heavy atom. The third-order valence-corrected chi connectivity index (χ3v) is 3.51. The minimum absolute atomic E-state index is 0.365. The van der Waals surface area contributed by atoms with Crippen LogP contribution in [-0.2, 0) is 6.54 Å². The molecule has 0 aliphatic rings. The predicted octanol–water partition coefficient (Wildman–Crippen LogP) is 3.30. The van der Waals surface area contributed by atoms with Crippen LogP contribution in [-0.4, -0.2) is 15.7 Å². The van der Waals surface area contributed by atoms with Crippen LogP contribution < -0.4 is 5.73 Å². The summed E-state index contributed by atoms with van der Waals surface area (Å²) in [4.78, 5) is 8.56. The van der Waals surface area contributed by atoms with E-state index in [0.717, 1.165) is 17.0 Å². The number of rotatable bonds is 4. The summed E-state index contributed by atoms with van der Waals surface area (Å²) in [6.07, 6.45) is 0. The maximum Gasteiger partial charge on any atom is 0.134 e. The maximum absolute atomic E-state index is 6.08. The fourth-order valence-electron chi connectivity index (χ4n) is 1.56. The molecule has 1 aromatic carbocycles. The quantitative estimate of drug-likeness (QED) is 0.836. The first-order chi connectivity index (χ1) is 8.24. The van der Waals surface area contributed by atoms with Gasteiger partial charge < -0.3 is 10.7 Å². The number of hydrogen-bond acceptors (Lipinski definition) is 3. The lowest BCUT2D eigenvalue weighted by Crippen LogP contribution is -1.97. The number of H-pyrrole nitrogens is 1. The summed E-state index contributed by atoms with van der Waals surface area (Å²) in [5.41, 5.74) is 7.29. The molecule has 5 heteroatoms. The molecule has 3 nitrogen and oxygen atoms in total. The molecule has 0 bridgehead atoms. The van der Waals surface area contributed by atoms with Gasteiger partial charge in [0.2, 0.25) is 0 Å². The second-order valence-corrected chi connectivity index (χ2v) is 5.22. The van der Waals surface area contributed by atoms with Gasteiger partial charge in [0.1, 0.15) is 16.7 Å². The van der Waals surface area contributed by atoms with Crippen LogP contribution in [0.15, 0.2) is 29.2 Å². The molecule has 3 N–H and O–H groups in total. The predicted molar refractivity (Wildman–Crippen MR) is 73.3 cm³/mol. The van der Waals surface area contributed by atoms with E-state index >= 15 is 0 Å². The normalized spacial score (nSPS) is 10.8. The number of nitrogens with two attached hydrogens (primary N) is 1. The lowest BCUT2D eigenvalue weighted by molar-refractivity contribution is 0.951. The Labute approximate surface area is 110 Å². The molecule has 0 radical (unpaired) electrons. The van der Waals surface area contributed by atoms with Crippen molar-refractivity contribution in [2.75, 3.05) is 5.75 Å². The topological polar surface area (TPSA) is 54.7 Å². The molecule has 17 heavy (non-hydrogen) atoms. The Morgan fingerprint density at radius 3 is 2.59 bits per heavy atom. The fourth-order valence-corrected chi connectivity index (χ4v) is 2.48. The molecule has 2 aromatic rings. The Bertz CT molecular complexity index is 493. The molecule has 0 atom stereocenters. The summed E-state index contributed by atoms with van der Waals surface area (Å²) in [7, 11) is 0. The van der Waals surface area contributed by atoms with Crippen LogP contribution in [0.25, 0.3) is 11.3 Å². The Morgan fingerprint density at radius 1 is 1.35 bits per heavy atom. The summed E-state index contributed by atoms with van der Waals surface area (Å²) < 4.78 is 0. The fraction of sp³-hybridized carbons (Fsp3) is 0.250. The monoisotopic (exact) mass is 267 g/mol. The van der Waals surface area contributed by atoms with E-state index < -0.39 is 0 Å². The van der Waals surface area contributed by atoms with Crippen LogP contribution >= 0.6 is 23.4 Å². The summed E-state index contributed by atoms with van der Waals surface area (Å²) >= 11 is 7.89. The van der Waals surface area contributed by atoms with Crippen LogP contribution in [0.1, 0.15) is 12.7 Å². The Hall–Kier alpha value is -0.970. The largest absolute Gasteiger partial charge is 0.331 e. The van der Waals surface area contributed by atoms with Crippen molar-refractivity contribution in [3.63, 3.8) is 0 Å². The van der Waals surface area contributed by atoms with Crippen LogP contribution in [0.4, 0.5) is 0 Å². The van der Waals surface area contributed by atoms with Crippen LogP contribution in [0, 0.1) is 0 Å². The molecular formula is C12H14ClN3S. The van der Waals surface area contributed by atoms with Crippen molar-refractivity contribution >= 4 is 23.4 Å². The Kier molecular flexibility index (Phi) is 4.10. The molecule has 1 aromatic heterocycles. The number of nitrogens with one attached hydrogen (secondary N) is 1. The first-order valence-electron chi connectivity index (χ1n) is 5.42. The van der Waals surface area contributed by atoms with Gasteiger partial charge >= 0.3 is 0 Å². The third-order valence-electron chi connectivity index (χ3n) is 2.34. The third kappa shape index (κ3) is 2.83. The zero-order chi connectivity index (χ0) is 12.3. The molecule has 0 spiro atoms. The SMILES string of the molecule is CCSc1ccc(-c2nc(CN)[nH]c2Cl)cc1. The molecule has 0 saturated heterocycles. The van der Waals surface area contributed by atoms with Crippen molar-refractivity contribution in [1.29, 1.82) is 0 Å². The minimum Gasteiger partial charge on any atom is -0.331 e. The minimum atomic E-state index is 0.365. The van der Waals surface area contributed by atoms with E-state index in [-0.39, 0.29) is 0 Å². The van der Waals surface area contributed by atoms with Crippen molar-refractivity contribution < 1.29 is 0 Å². The van der Waals surface area contributed by atoms with Crippen molar-refractivity contribution in [2.24, 2.45) is 5.73 Å². The zero-order valence-electron chi connectivity index (χ0n) is 9.53. The van der Waals surface area contributed by atoms with Crippen molar-refractivity contribution in [2.45, 2.75) is 18.4 Å². The number of imidazole rings is 1. The first-order valence-corrected chi connectivity index (χ1v) is 6.78. The highest BCUT2D eigenvalue weighted by Crippen LogP contribution is 2.27. The van der Waals surface area contributed by atoms with Crippen LogP contribution in [0.2, 0.25) is 5.15 Å². The van der Waals surface area contributed by atoms with Gasteiger partial charge in [-0.2, -0.15) is 0 Å². The highest BCUT2D eigenvalue weighted by atomic mass is 35.5.